The third-order valence-electron chi connectivity index (χ3n) is 4.64. The van der Waals surface area contributed by atoms with Gasteiger partial charge in [-0.15, -0.1) is 0 Å². The largest absolute Gasteiger partial charge is 0.465 e. The van der Waals surface area contributed by atoms with E-state index in [-0.39, 0.29) is 6.03 Å². The molecule has 0 spiro atoms. The maximum atomic E-state index is 12.8. The quantitative estimate of drug-likeness (QED) is 0.851. The van der Waals surface area contributed by atoms with Crippen molar-refractivity contribution in [1.29, 1.82) is 0 Å². The van der Waals surface area contributed by atoms with Gasteiger partial charge in [0.2, 0.25) is 0 Å². The van der Waals surface area contributed by atoms with Gasteiger partial charge in [0.1, 0.15) is 0 Å². The Morgan fingerprint density at radius 1 is 1.24 bits per heavy atom. The van der Waals surface area contributed by atoms with Gasteiger partial charge in [-0.2, -0.15) is 0 Å². The fourth-order valence-electron chi connectivity index (χ4n) is 3.19. The molecule has 0 unspecified atom stereocenters. The third-order valence-corrected chi connectivity index (χ3v) is 4.64. The molecular weight excluding hydrogens is 318 g/mol. The molecule has 0 saturated heterocycles. The van der Waals surface area contributed by atoms with E-state index in [2.05, 4.69) is 10.3 Å². The molecule has 2 aromatic rings. The minimum absolute atomic E-state index is 0.234. The van der Waals surface area contributed by atoms with Crippen LogP contribution in [0.1, 0.15) is 41.0 Å². The molecule has 2 amide bonds. The van der Waals surface area contributed by atoms with Crippen LogP contribution in [0.5, 0.6) is 0 Å². The third kappa shape index (κ3) is 2.95. The number of carbonyl (C=O) groups is 2. The number of urea groups is 1. The van der Waals surface area contributed by atoms with Crippen molar-refractivity contribution in [2.45, 2.75) is 32.9 Å². The van der Waals surface area contributed by atoms with Crippen LogP contribution in [0.15, 0.2) is 36.5 Å². The second kappa shape index (κ2) is 6.20. The van der Waals surface area contributed by atoms with Gasteiger partial charge in [0.25, 0.3) is 0 Å². The molecule has 25 heavy (non-hydrogen) atoms. The first-order valence-electron chi connectivity index (χ1n) is 8.06. The van der Waals surface area contributed by atoms with E-state index in [9.17, 15) is 9.59 Å². The Kier molecular flexibility index (Phi) is 4.20. The SMILES string of the molecule is COC(=O)c1cccc2c1CN(C(=O)Nc1ccc(C)nc1)C2(C)C. The number of nitrogens with zero attached hydrogens (tertiary/aromatic N) is 2. The number of esters is 1. The van der Waals surface area contributed by atoms with E-state index in [0.29, 0.717) is 17.8 Å². The van der Waals surface area contributed by atoms with E-state index < -0.39 is 11.5 Å². The monoisotopic (exact) mass is 339 g/mol. The summed E-state index contributed by atoms with van der Waals surface area (Å²) in [6.07, 6.45) is 1.63. The summed E-state index contributed by atoms with van der Waals surface area (Å²) in [7, 11) is 1.36. The molecule has 3 rings (SSSR count). The predicted molar refractivity (Wildman–Crippen MR) is 94.3 cm³/mol. The average Bonchev–Trinajstić information content (AvgIpc) is 2.87. The van der Waals surface area contributed by atoms with Gasteiger partial charge in [0.15, 0.2) is 0 Å². The first kappa shape index (κ1) is 17.0. The second-order valence-electron chi connectivity index (χ2n) is 6.59. The highest BCUT2D eigenvalue weighted by molar-refractivity contribution is 5.94. The highest BCUT2D eigenvalue weighted by atomic mass is 16.5. The van der Waals surface area contributed by atoms with Crippen LogP contribution in [0.3, 0.4) is 0 Å². The van der Waals surface area contributed by atoms with Gasteiger partial charge in [-0.1, -0.05) is 12.1 Å². The number of aromatic nitrogens is 1. The number of ether oxygens (including phenoxy) is 1. The molecular formula is C19H21N3O3. The number of fused-ring (bicyclic) bond motifs is 1. The lowest BCUT2D eigenvalue weighted by molar-refractivity contribution is 0.0598. The highest BCUT2D eigenvalue weighted by Gasteiger charge is 2.42. The van der Waals surface area contributed by atoms with Crippen molar-refractivity contribution in [3.8, 4) is 0 Å². The number of carbonyl (C=O) groups excluding carboxylic acids is 2. The van der Waals surface area contributed by atoms with E-state index in [1.54, 1.807) is 17.2 Å². The Labute approximate surface area is 146 Å². The molecule has 0 bridgehead atoms. The molecule has 1 aromatic carbocycles. The van der Waals surface area contributed by atoms with Gasteiger partial charge in [-0.25, -0.2) is 9.59 Å². The van der Waals surface area contributed by atoms with Crippen LogP contribution < -0.4 is 5.32 Å². The molecule has 1 aliphatic heterocycles. The minimum Gasteiger partial charge on any atom is -0.465 e. The lowest BCUT2D eigenvalue weighted by Crippen LogP contribution is -2.42. The number of pyridine rings is 1. The second-order valence-corrected chi connectivity index (χ2v) is 6.59. The van der Waals surface area contributed by atoms with Crippen LogP contribution in [-0.4, -0.2) is 29.0 Å². The van der Waals surface area contributed by atoms with Crippen molar-refractivity contribution in [3.63, 3.8) is 0 Å². The molecule has 2 heterocycles. The van der Waals surface area contributed by atoms with Crippen molar-refractivity contribution in [3.05, 3.63) is 58.9 Å². The number of benzene rings is 1. The molecule has 130 valence electrons. The lowest BCUT2D eigenvalue weighted by Gasteiger charge is -2.32. The summed E-state index contributed by atoms with van der Waals surface area (Å²) in [5, 5.41) is 2.87. The molecule has 0 aliphatic carbocycles. The Hall–Kier alpha value is -2.89. The van der Waals surface area contributed by atoms with Gasteiger partial charge in [-0.05, 0) is 50.1 Å². The number of hydrogen-bond donors (Lipinski definition) is 1. The topological polar surface area (TPSA) is 71.5 Å². The van der Waals surface area contributed by atoms with E-state index >= 15 is 0 Å². The number of anilines is 1. The van der Waals surface area contributed by atoms with Crippen molar-refractivity contribution in [1.82, 2.24) is 9.88 Å². The van der Waals surface area contributed by atoms with Crippen LogP contribution in [0, 0.1) is 6.92 Å². The standard InChI is InChI=1S/C19H21N3O3/c1-12-8-9-13(10-20-12)21-18(24)22-11-15-14(17(23)25-4)6-5-7-16(15)19(22,2)3/h5-10H,11H2,1-4H3,(H,21,24). The van der Waals surface area contributed by atoms with Crippen molar-refractivity contribution >= 4 is 17.7 Å². The zero-order valence-electron chi connectivity index (χ0n) is 14.8. The number of aryl methyl sites for hydroxylation is 1. The first-order chi connectivity index (χ1) is 11.8. The molecule has 0 radical (unpaired) electrons. The average molecular weight is 339 g/mol. The number of rotatable bonds is 2. The summed E-state index contributed by atoms with van der Waals surface area (Å²) in [5.74, 6) is -0.391. The van der Waals surface area contributed by atoms with Crippen molar-refractivity contribution in [2.24, 2.45) is 0 Å². The number of methoxy groups -OCH3 is 1. The maximum Gasteiger partial charge on any atom is 0.338 e. The van der Waals surface area contributed by atoms with E-state index in [0.717, 1.165) is 16.8 Å². The van der Waals surface area contributed by atoms with Gasteiger partial charge >= 0.3 is 12.0 Å². The molecule has 1 aliphatic rings. The Bertz CT molecular complexity index is 828. The predicted octanol–water partition coefficient (Wildman–Crippen LogP) is 3.46. The summed E-state index contributed by atoms with van der Waals surface area (Å²) in [6, 6.07) is 8.92. The smallest absolute Gasteiger partial charge is 0.338 e. The lowest BCUT2D eigenvalue weighted by atomic mass is 9.91. The van der Waals surface area contributed by atoms with Crippen LogP contribution in [0.2, 0.25) is 0 Å². The van der Waals surface area contributed by atoms with E-state index in [1.165, 1.54) is 7.11 Å². The van der Waals surface area contributed by atoms with Crippen molar-refractivity contribution < 1.29 is 14.3 Å². The van der Waals surface area contributed by atoms with Crippen LogP contribution in [0.25, 0.3) is 0 Å². The fourth-order valence-corrected chi connectivity index (χ4v) is 3.19. The minimum atomic E-state index is -0.540. The Morgan fingerprint density at radius 2 is 2.00 bits per heavy atom. The van der Waals surface area contributed by atoms with Crippen LogP contribution in [-0.2, 0) is 16.8 Å². The number of hydrogen-bond acceptors (Lipinski definition) is 4. The zero-order valence-corrected chi connectivity index (χ0v) is 14.8. The summed E-state index contributed by atoms with van der Waals surface area (Å²) in [4.78, 5) is 30.7. The van der Waals surface area contributed by atoms with E-state index in [1.807, 2.05) is 45.0 Å². The highest BCUT2D eigenvalue weighted by Crippen LogP contribution is 2.40. The van der Waals surface area contributed by atoms with Gasteiger partial charge in [0, 0.05) is 12.2 Å². The van der Waals surface area contributed by atoms with Gasteiger partial charge in [-0.3, -0.25) is 4.98 Å². The summed E-state index contributed by atoms with van der Waals surface area (Å²) in [6.45, 7) is 6.17. The molecule has 0 atom stereocenters. The molecule has 1 aromatic heterocycles. The molecule has 6 nitrogen and oxygen atoms in total. The first-order valence-corrected chi connectivity index (χ1v) is 8.06. The normalized spacial score (nSPS) is 14.8. The maximum absolute atomic E-state index is 12.8. The molecule has 6 heteroatoms. The summed E-state index contributed by atoms with van der Waals surface area (Å²) < 4.78 is 4.87. The zero-order chi connectivity index (χ0) is 18.2. The molecule has 0 fully saturated rings. The Balaban J connectivity index is 1.90. The summed E-state index contributed by atoms with van der Waals surface area (Å²) >= 11 is 0. The van der Waals surface area contributed by atoms with Gasteiger partial charge < -0.3 is 15.0 Å². The van der Waals surface area contributed by atoms with E-state index in [4.69, 9.17) is 4.74 Å². The van der Waals surface area contributed by atoms with Gasteiger partial charge in [0.05, 0.1) is 30.1 Å². The Morgan fingerprint density at radius 3 is 2.64 bits per heavy atom. The number of nitrogens with one attached hydrogen (secondary N) is 1. The number of amides is 2. The van der Waals surface area contributed by atoms with Crippen LogP contribution >= 0.6 is 0 Å². The summed E-state index contributed by atoms with van der Waals surface area (Å²) in [5.41, 5.74) is 3.26. The fraction of sp³-hybridized carbons (Fsp3) is 0.316. The van der Waals surface area contributed by atoms with Crippen molar-refractivity contribution in [2.75, 3.05) is 12.4 Å². The van der Waals surface area contributed by atoms with Crippen LogP contribution in [0.4, 0.5) is 10.5 Å². The molecule has 1 N–H and O–H groups in total. The molecule has 0 saturated carbocycles.